The first-order chi connectivity index (χ1) is 7.95. The predicted octanol–water partition coefficient (Wildman–Crippen LogP) is 2.01. The van der Waals surface area contributed by atoms with Crippen LogP contribution in [0.1, 0.15) is 47.5 Å². The van der Waals surface area contributed by atoms with Gasteiger partial charge in [-0.05, 0) is 5.92 Å². The lowest BCUT2D eigenvalue weighted by Crippen LogP contribution is -1.99. The van der Waals surface area contributed by atoms with Crippen molar-refractivity contribution in [1.82, 2.24) is 15.2 Å². The molecule has 0 aromatic carbocycles. The number of ketones is 1. The van der Waals surface area contributed by atoms with Gasteiger partial charge in [-0.15, -0.1) is 5.10 Å². The van der Waals surface area contributed by atoms with E-state index in [-0.39, 0.29) is 11.9 Å². The van der Waals surface area contributed by atoms with Crippen molar-refractivity contribution in [1.29, 1.82) is 0 Å². The molecule has 6 heteroatoms. The maximum atomic E-state index is 10.6. The third-order valence-corrected chi connectivity index (χ3v) is 1.55. The molecule has 1 rings (SSSR count). The van der Waals surface area contributed by atoms with Gasteiger partial charge in [0, 0.05) is 12.8 Å². The van der Waals surface area contributed by atoms with Gasteiger partial charge in [-0.25, -0.2) is 5.10 Å². The van der Waals surface area contributed by atoms with Crippen LogP contribution < -0.4 is 11.5 Å². The first-order valence-electron chi connectivity index (χ1n) is 5.90. The van der Waals surface area contributed by atoms with Crippen LogP contribution in [-0.2, 0) is 4.79 Å². The number of nitrogens with one attached hydrogen (secondary N) is 1. The number of Topliss-reactive ketones (excluding diaryl/α,β-unsaturated/α-hetero) is 1. The smallest absolute Gasteiger partial charge is 0.241 e. The summed E-state index contributed by atoms with van der Waals surface area (Å²) in [5.74, 6) is 1.33. The average molecular weight is 243 g/mol. The number of nitrogen functional groups attached to an aromatic ring is 2. The summed E-state index contributed by atoms with van der Waals surface area (Å²) >= 11 is 0. The van der Waals surface area contributed by atoms with E-state index >= 15 is 0 Å². The second-order valence-corrected chi connectivity index (χ2v) is 3.57. The van der Waals surface area contributed by atoms with Gasteiger partial charge in [-0.3, -0.25) is 4.79 Å². The van der Waals surface area contributed by atoms with Gasteiger partial charge in [0.05, 0.1) is 0 Å². The highest BCUT2D eigenvalue weighted by molar-refractivity contribution is 5.78. The van der Waals surface area contributed by atoms with Crippen LogP contribution in [0.15, 0.2) is 0 Å². The minimum absolute atomic E-state index is 0.178. The Labute approximate surface area is 103 Å². The standard InChI is InChI=1S/C7H14O.C2H5N5.C2H6/c1-4-7(8)5-6(2)3;3-1-5-2(4)7-6-1;1-2/h6H,4-5H2,1-3H3;(H5,3,4,5,6,7);1-2H3. The van der Waals surface area contributed by atoms with E-state index in [0.717, 1.165) is 6.42 Å². The van der Waals surface area contributed by atoms with Crippen molar-refractivity contribution in [2.45, 2.75) is 47.5 Å². The zero-order valence-electron chi connectivity index (χ0n) is 11.4. The Morgan fingerprint density at radius 1 is 1.35 bits per heavy atom. The highest BCUT2D eigenvalue weighted by atomic mass is 16.1. The van der Waals surface area contributed by atoms with Gasteiger partial charge >= 0.3 is 0 Å². The van der Waals surface area contributed by atoms with Crippen molar-refractivity contribution in [2.24, 2.45) is 5.92 Å². The van der Waals surface area contributed by atoms with E-state index in [9.17, 15) is 4.79 Å². The molecule has 1 aromatic heterocycles. The van der Waals surface area contributed by atoms with Gasteiger partial charge in [0.25, 0.3) is 0 Å². The Kier molecular flexibility index (Phi) is 11.4. The average Bonchev–Trinajstić information content (AvgIpc) is 2.65. The number of hydrogen-bond donors (Lipinski definition) is 3. The van der Waals surface area contributed by atoms with Gasteiger partial charge in [-0.1, -0.05) is 34.6 Å². The van der Waals surface area contributed by atoms with Gasteiger partial charge in [0.1, 0.15) is 5.78 Å². The number of carbonyl (C=O) groups excluding carboxylic acids is 1. The van der Waals surface area contributed by atoms with Gasteiger partial charge in [0.2, 0.25) is 11.9 Å². The summed E-state index contributed by atoms with van der Waals surface area (Å²) in [5, 5.41) is 5.79. The molecule has 0 amide bonds. The predicted molar refractivity (Wildman–Crippen MR) is 71.3 cm³/mol. The monoisotopic (exact) mass is 243 g/mol. The molecular weight excluding hydrogens is 218 g/mol. The molecule has 100 valence electrons. The highest BCUT2D eigenvalue weighted by Crippen LogP contribution is 2.01. The molecule has 0 saturated carbocycles. The first kappa shape index (κ1) is 17.8. The summed E-state index contributed by atoms with van der Waals surface area (Å²) < 4.78 is 0. The SMILES string of the molecule is CC.CCC(=O)CC(C)C.Nc1n[nH]c(N)n1. The third-order valence-electron chi connectivity index (χ3n) is 1.55. The maximum absolute atomic E-state index is 10.6. The third kappa shape index (κ3) is 12.3. The molecule has 1 aromatic rings. The molecular formula is C11H25N5O. The lowest BCUT2D eigenvalue weighted by molar-refractivity contribution is -0.119. The van der Waals surface area contributed by atoms with Crippen LogP contribution in [0.5, 0.6) is 0 Å². The van der Waals surface area contributed by atoms with E-state index in [1.54, 1.807) is 0 Å². The number of rotatable bonds is 3. The van der Waals surface area contributed by atoms with Gasteiger partial charge in [0.15, 0.2) is 0 Å². The molecule has 17 heavy (non-hydrogen) atoms. The molecule has 0 spiro atoms. The molecule has 5 N–H and O–H groups in total. The van der Waals surface area contributed by atoms with Gasteiger partial charge < -0.3 is 11.5 Å². The molecule has 0 fully saturated rings. The van der Waals surface area contributed by atoms with Crippen LogP contribution in [0.4, 0.5) is 11.9 Å². The molecule has 0 bridgehead atoms. The zero-order valence-corrected chi connectivity index (χ0v) is 11.4. The second-order valence-electron chi connectivity index (χ2n) is 3.57. The highest BCUT2D eigenvalue weighted by Gasteiger charge is 1.99. The number of nitrogens with zero attached hydrogens (tertiary/aromatic N) is 2. The van der Waals surface area contributed by atoms with E-state index < -0.39 is 0 Å². The summed E-state index contributed by atoms with van der Waals surface area (Å²) in [6.45, 7) is 10.0. The number of aromatic amines is 1. The number of anilines is 2. The van der Waals surface area contributed by atoms with Crippen LogP contribution in [0.3, 0.4) is 0 Å². The van der Waals surface area contributed by atoms with Crippen molar-refractivity contribution in [2.75, 3.05) is 11.5 Å². The Bertz CT molecular complexity index is 279. The van der Waals surface area contributed by atoms with E-state index in [1.807, 2.05) is 20.8 Å². The number of aromatic nitrogens is 3. The number of carbonyl (C=O) groups is 1. The van der Waals surface area contributed by atoms with Crippen molar-refractivity contribution in [3.63, 3.8) is 0 Å². The first-order valence-corrected chi connectivity index (χ1v) is 5.90. The molecule has 0 atom stereocenters. The van der Waals surface area contributed by atoms with Crippen LogP contribution >= 0.6 is 0 Å². The topological polar surface area (TPSA) is 111 Å². The fraction of sp³-hybridized carbons (Fsp3) is 0.727. The molecule has 0 aliphatic heterocycles. The Morgan fingerprint density at radius 3 is 2.00 bits per heavy atom. The van der Waals surface area contributed by atoms with Crippen LogP contribution in [-0.4, -0.2) is 21.0 Å². The number of nitrogens with two attached hydrogens (primary N) is 2. The lowest BCUT2D eigenvalue weighted by atomic mass is 10.1. The van der Waals surface area contributed by atoms with Gasteiger partial charge in [-0.2, -0.15) is 4.98 Å². The summed E-state index contributed by atoms with van der Waals surface area (Å²) in [4.78, 5) is 14.1. The van der Waals surface area contributed by atoms with E-state index in [2.05, 4.69) is 29.0 Å². The largest absolute Gasteiger partial charge is 0.368 e. The lowest BCUT2D eigenvalue weighted by Gasteiger charge is -1.98. The molecule has 0 aliphatic rings. The summed E-state index contributed by atoms with van der Waals surface area (Å²) in [6, 6.07) is 0. The molecule has 0 saturated heterocycles. The van der Waals surface area contributed by atoms with Crippen molar-refractivity contribution >= 4 is 17.7 Å². The van der Waals surface area contributed by atoms with Crippen molar-refractivity contribution in [3.05, 3.63) is 0 Å². The molecule has 0 unspecified atom stereocenters. The van der Waals surface area contributed by atoms with Crippen LogP contribution in [0.2, 0.25) is 0 Å². The fourth-order valence-electron chi connectivity index (χ4n) is 0.888. The minimum Gasteiger partial charge on any atom is -0.368 e. The van der Waals surface area contributed by atoms with Crippen molar-refractivity contribution < 1.29 is 4.79 Å². The van der Waals surface area contributed by atoms with E-state index in [1.165, 1.54) is 0 Å². The normalized spacial score (nSPS) is 8.82. The molecule has 6 nitrogen and oxygen atoms in total. The summed E-state index contributed by atoms with van der Waals surface area (Å²) in [7, 11) is 0. The Hall–Kier alpha value is -1.59. The minimum atomic E-state index is 0.178. The van der Waals surface area contributed by atoms with E-state index in [0.29, 0.717) is 18.1 Å². The molecule has 0 aliphatic carbocycles. The fourth-order valence-corrected chi connectivity index (χ4v) is 0.888. The number of H-pyrrole nitrogens is 1. The Morgan fingerprint density at radius 2 is 1.88 bits per heavy atom. The second kappa shape index (κ2) is 10.9. The van der Waals surface area contributed by atoms with Crippen LogP contribution in [0, 0.1) is 5.92 Å². The molecule has 0 radical (unpaired) electrons. The van der Waals surface area contributed by atoms with Crippen LogP contribution in [0.25, 0.3) is 0 Å². The zero-order chi connectivity index (χ0) is 13.8. The van der Waals surface area contributed by atoms with E-state index in [4.69, 9.17) is 11.5 Å². The van der Waals surface area contributed by atoms with Crippen molar-refractivity contribution in [3.8, 4) is 0 Å². The summed E-state index contributed by atoms with van der Waals surface area (Å²) in [5.41, 5.74) is 10.1. The quantitative estimate of drug-likeness (QED) is 0.752. The maximum Gasteiger partial charge on any atom is 0.241 e. The number of hydrogen-bond acceptors (Lipinski definition) is 5. The Balaban J connectivity index is 0. The molecule has 1 heterocycles. The summed E-state index contributed by atoms with van der Waals surface area (Å²) in [6.07, 6.45) is 1.44.